The summed E-state index contributed by atoms with van der Waals surface area (Å²) in [4.78, 5) is 16.3. The lowest BCUT2D eigenvalue weighted by Crippen LogP contribution is -2.11. The first-order valence-electron chi connectivity index (χ1n) is 10.1. The monoisotopic (exact) mass is 414 g/mol. The minimum atomic E-state index is -0.972. The van der Waals surface area contributed by atoms with Crippen molar-refractivity contribution in [1.29, 1.82) is 0 Å². The summed E-state index contributed by atoms with van der Waals surface area (Å²) in [5, 5.41) is 13.8. The van der Waals surface area contributed by atoms with Crippen LogP contribution in [0.3, 0.4) is 0 Å². The summed E-state index contributed by atoms with van der Waals surface area (Å²) in [6.45, 7) is 5.97. The van der Waals surface area contributed by atoms with Crippen molar-refractivity contribution in [2.75, 3.05) is 5.32 Å². The molecular formula is C26H23FN2O2. The number of carboxylic acids is 1. The van der Waals surface area contributed by atoms with Gasteiger partial charge < -0.3 is 10.4 Å². The van der Waals surface area contributed by atoms with E-state index in [4.69, 9.17) is 4.98 Å². The molecule has 0 aliphatic carbocycles. The van der Waals surface area contributed by atoms with Gasteiger partial charge in [0.2, 0.25) is 0 Å². The van der Waals surface area contributed by atoms with Gasteiger partial charge in [-0.15, -0.1) is 0 Å². The summed E-state index contributed by atoms with van der Waals surface area (Å²) >= 11 is 0. The summed E-state index contributed by atoms with van der Waals surface area (Å²) < 4.78 is 13.4. The van der Waals surface area contributed by atoms with Crippen LogP contribution in [-0.4, -0.2) is 16.1 Å². The molecule has 1 atom stereocenters. The molecule has 4 nitrogen and oxygen atoms in total. The molecular weight excluding hydrogens is 391 g/mol. The van der Waals surface area contributed by atoms with Crippen molar-refractivity contribution < 1.29 is 14.3 Å². The number of nitrogens with one attached hydrogen (secondary N) is 1. The highest BCUT2D eigenvalue weighted by Crippen LogP contribution is 2.33. The summed E-state index contributed by atoms with van der Waals surface area (Å²) in [7, 11) is 0. The number of fused-ring (bicyclic) bond motifs is 1. The Labute approximate surface area is 180 Å². The number of anilines is 1. The summed E-state index contributed by atoms with van der Waals surface area (Å²) in [6.07, 6.45) is 0. The van der Waals surface area contributed by atoms with Crippen LogP contribution in [0.5, 0.6) is 0 Å². The molecule has 1 aromatic heterocycles. The van der Waals surface area contributed by atoms with Crippen LogP contribution < -0.4 is 5.32 Å². The van der Waals surface area contributed by atoms with E-state index in [0.717, 1.165) is 38.9 Å². The molecule has 3 aromatic carbocycles. The van der Waals surface area contributed by atoms with Crippen molar-refractivity contribution in [2.24, 2.45) is 0 Å². The molecule has 5 heteroatoms. The van der Waals surface area contributed by atoms with Crippen LogP contribution in [0.15, 0.2) is 66.7 Å². The second-order valence-electron chi connectivity index (χ2n) is 7.76. The van der Waals surface area contributed by atoms with Crippen LogP contribution in [0.2, 0.25) is 0 Å². The molecule has 0 bridgehead atoms. The third-order valence-corrected chi connectivity index (χ3v) is 5.47. The van der Waals surface area contributed by atoms with E-state index in [1.165, 1.54) is 12.1 Å². The van der Waals surface area contributed by atoms with Crippen LogP contribution in [0.1, 0.15) is 40.1 Å². The summed E-state index contributed by atoms with van der Waals surface area (Å²) in [6, 6.07) is 19.3. The number of nitrogens with zero attached hydrogens (tertiary/aromatic N) is 1. The first-order chi connectivity index (χ1) is 14.8. The zero-order valence-corrected chi connectivity index (χ0v) is 17.6. The average molecular weight is 414 g/mol. The smallest absolute Gasteiger partial charge is 0.337 e. The number of hydrogen-bond donors (Lipinski definition) is 2. The highest BCUT2D eigenvalue weighted by atomic mass is 19.1. The molecule has 0 radical (unpaired) electrons. The number of carbonyl (C=O) groups is 1. The lowest BCUT2D eigenvalue weighted by molar-refractivity contribution is 0.0698. The van der Waals surface area contributed by atoms with Crippen LogP contribution in [0.25, 0.3) is 22.0 Å². The second-order valence-corrected chi connectivity index (χ2v) is 7.76. The van der Waals surface area contributed by atoms with Gasteiger partial charge in [-0.05, 0) is 85.5 Å². The van der Waals surface area contributed by atoms with Gasteiger partial charge in [-0.3, -0.25) is 4.98 Å². The van der Waals surface area contributed by atoms with E-state index in [9.17, 15) is 14.3 Å². The van der Waals surface area contributed by atoms with Crippen molar-refractivity contribution in [2.45, 2.75) is 26.8 Å². The minimum absolute atomic E-state index is 0.159. The van der Waals surface area contributed by atoms with E-state index < -0.39 is 5.97 Å². The normalized spacial score (nSPS) is 12.0. The number of aromatic nitrogens is 1. The van der Waals surface area contributed by atoms with Crippen molar-refractivity contribution in [1.82, 2.24) is 4.98 Å². The van der Waals surface area contributed by atoms with E-state index in [1.807, 2.05) is 39.0 Å². The van der Waals surface area contributed by atoms with Crippen molar-refractivity contribution in [3.63, 3.8) is 0 Å². The number of hydrogen-bond acceptors (Lipinski definition) is 3. The van der Waals surface area contributed by atoms with Gasteiger partial charge in [0.15, 0.2) is 0 Å². The number of benzene rings is 3. The molecule has 0 aliphatic heterocycles. The fraction of sp³-hybridized carbons (Fsp3) is 0.154. The summed E-state index contributed by atoms with van der Waals surface area (Å²) in [5.74, 6) is -1.24. The number of rotatable bonds is 5. The first-order valence-corrected chi connectivity index (χ1v) is 10.1. The maximum Gasteiger partial charge on any atom is 0.337 e. The lowest BCUT2D eigenvalue weighted by atomic mass is 9.94. The number of halogens is 1. The molecule has 2 N–H and O–H groups in total. The fourth-order valence-electron chi connectivity index (χ4n) is 3.95. The average Bonchev–Trinajstić information content (AvgIpc) is 2.73. The molecule has 0 spiro atoms. The Morgan fingerprint density at radius 1 is 1.03 bits per heavy atom. The molecule has 156 valence electrons. The maximum absolute atomic E-state index is 13.4. The molecule has 1 heterocycles. The third-order valence-electron chi connectivity index (χ3n) is 5.47. The maximum atomic E-state index is 13.4. The van der Waals surface area contributed by atoms with E-state index >= 15 is 0 Å². The zero-order chi connectivity index (χ0) is 22.1. The van der Waals surface area contributed by atoms with Gasteiger partial charge in [-0.25, -0.2) is 9.18 Å². The quantitative estimate of drug-likeness (QED) is 0.390. The lowest BCUT2D eigenvalue weighted by Gasteiger charge is -2.20. The van der Waals surface area contributed by atoms with Gasteiger partial charge in [-0.2, -0.15) is 0 Å². The van der Waals surface area contributed by atoms with Gasteiger partial charge in [0, 0.05) is 22.8 Å². The highest BCUT2D eigenvalue weighted by Gasteiger charge is 2.17. The molecule has 0 fully saturated rings. The second kappa shape index (κ2) is 8.19. The Morgan fingerprint density at radius 2 is 1.74 bits per heavy atom. The van der Waals surface area contributed by atoms with Crippen LogP contribution >= 0.6 is 0 Å². The number of aromatic carboxylic acids is 1. The van der Waals surface area contributed by atoms with Gasteiger partial charge in [0.05, 0.1) is 11.1 Å². The molecule has 0 saturated carbocycles. The number of pyridine rings is 1. The molecule has 4 aromatic rings. The van der Waals surface area contributed by atoms with Gasteiger partial charge >= 0.3 is 5.97 Å². The predicted molar refractivity (Wildman–Crippen MR) is 122 cm³/mol. The fourth-order valence-corrected chi connectivity index (χ4v) is 3.95. The summed E-state index contributed by atoms with van der Waals surface area (Å²) in [5.41, 5.74) is 6.58. The van der Waals surface area contributed by atoms with E-state index in [-0.39, 0.29) is 17.4 Å². The topological polar surface area (TPSA) is 62.2 Å². The first kappa shape index (κ1) is 20.5. The van der Waals surface area contributed by atoms with Gasteiger partial charge in [-0.1, -0.05) is 24.3 Å². The highest BCUT2D eigenvalue weighted by molar-refractivity contribution is 5.94. The molecule has 0 saturated heterocycles. The Bertz CT molecular complexity index is 1280. The van der Waals surface area contributed by atoms with Crippen LogP contribution in [0.4, 0.5) is 10.1 Å². The Kier molecular flexibility index (Phi) is 5.42. The number of aryl methyl sites for hydroxylation is 2. The van der Waals surface area contributed by atoms with Crippen molar-refractivity contribution in [3.8, 4) is 11.1 Å². The van der Waals surface area contributed by atoms with E-state index in [2.05, 4.69) is 11.4 Å². The van der Waals surface area contributed by atoms with Crippen LogP contribution in [0, 0.1) is 19.7 Å². The standard InChI is InChI=1S/C26H23FN2O2/c1-15-12-25-23(14-21(15)18-8-10-19(27)11-9-18)22(13-16(2)28-25)17(3)29-24-7-5-4-6-20(24)26(30)31/h4-14,17,29H,1-3H3,(H,30,31). The van der Waals surface area contributed by atoms with Crippen molar-refractivity contribution >= 4 is 22.6 Å². The van der Waals surface area contributed by atoms with Crippen LogP contribution in [-0.2, 0) is 0 Å². The third kappa shape index (κ3) is 4.12. The molecule has 0 aliphatic rings. The minimum Gasteiger partial charge on any atom is -0.478 e. The Hall–Kier alpha value is -3.73. The molecule has 4 rings (SSSR count). The van der Waals surface area contributed by atoms with Crippen molar-refractivity contribution in [3.05, 3.63) is 94.9 Å². The van der Waals surface area contributed by atoms with E-state index in [0.29, 0.717) is 5.69 Å². The Morgan fingerprint density at radius 3 is 2.45 bits per heavy atom. The van der Waals surface area contributed by atoms with Gasteiger partial charge in [0.1, 0.15) is 5.82 Å². The molecule has 1 unspecified atom stereocenters. The SMILES string of the molecule is Cc1cc(C(C)Nc2ccccc2C(=O)O)c2cc(-c3ccc(F)cc3)c(C)cc2n1. The molecule has 31 heavy (non-hydrogen) atoms. The number of carboxylic acid groups (broad SMARTS) is 1. The zero-order valence-electron chi connectivity index (χ0n) is 17.6. The molecule has 0 amide bonds. The van der Waals surface area contributed by atoms with E-state index in [1.54, 1.807) is 30.3 Å². The number of para-hydroxylation sites is 1. The largest absolute Gasteiger partial charge is 0.478 e. The predicted octanol–water partition coefficient (Wildman–Crippen LogP) is 6.53. The van der Waals surface area contributed by atoms with Gasteiger partial charge in [0.25, 0.3) is 0 Å². The Balaban J connectivity index is 1.82.